The Labute approximate surface area is 102 Å². The summed E-state index contributed by atoms with van der Waals surface area (Å²) in [6, 6.07) is 8.15. The van der Waals surface area contributed by atoms with E-state index in [1.807, 2.05) is 0 Å². The summed E-state index contributed by atoms with van der Waals surface area (Å²) in [5.41, 5.74) is 0.318. The SMILES string of the molecule is O=C(NC(Cl)(CCl)C(=O)O)c1ccccc1. The van der Waals surface area contributed by atoms with Crippen LogP contribution in [0, 0.1) is 0 Å². The Kier molecular flexibility index (Phi) is 4.15. The molecule has 1 amide bonds. The van der Waals surface area contributed by atoms with Gasteiger partial charge < -0.3 is 10.4 Å². The number of rotatable bonds is 4. The van der Waals surface area contributed by atoms with Crippen LogP contribution in [-0.2, 0) is 4.79 Å². The van der Waals surface area contributed by atoms with Gasteiger partial charge in [0.15, 0.2) is 0 Å². The van der Waals surface area contributed by atoms with Gasteiger partial charge in [-0.3, -0.25) is 4.79 Å². The first-order valence-corrected chi connectivity index (χ1v) is 5.26. The number of halogens is 2. The average molecular weight is 262 g/mol. The number of carbonyl (C=O) groups excluding carboxylic acids is 1. The Morgan fingerprint density at radius 1 is 1.31 bits per heavy atom. The van der Waals surface area contributed by atoms with Gasteiger partial charge in [0, 0.05) is 5.56 Å². The summed E-state index contributed by atoms with van der Waals surface area (Å²) >= 11 is 11.0. The van der Waals surface area contributed by atoms with Gasteiger partial charge in [0.1, 0.15) is 0 Å². The van der Waals surface area contributed by atoms with Gasteiger partial charge in [0.2, 0.25) is 5.00 Å². The van der Waals surface area contributed by atoms with Crippen LogP contribution in [0.5, 0.6) is 0 Å². The summed E-state index contributed by atoms with van der Waals surface area (Å²) in [4.78, 5) is 20.4. The molecule has 0 aliphatic carbocycles. The van der Waals surface area contributed by atoms with Crippen molar-refractivity contribution in [2.24, 2.45) is 0 Å². The van der Waals surface area contributed by atoms with Crippen molar-refractivity contribution in [2.75, 3.05) is 5.88 Å². The van der Waals surface area contributed by atoms with Crippen molar-refractivity contribution in [3.05, 3.63) is 35.9 Å². The van der Waals surface area contributed by atoms with Gasteiger partial charge in [-0.2, -0.15) is 0 Å². The van der Waals surface area contributed by atoms with Crippen molar-refractivity contribution < 1.29 is 14.7 Å². The minimum absolute atomic E-state index is 0.318. The fraction of sp³-hybridized carbons (Fsp3) is 0.200. The third-order valence-corrected chi connectivity index (χ3v) is 2.80. The molecular weight excluding hydrogens is 253 g/mol. The number of hydrogen-bond donors (Lipinski definition) is 2. The molecule has 6 heteroatoms. The van der Waals surface area contributed by atoms with Gasteiger partial charge in [0.25, 0.3) is 5.91 Å². The number of aliphatic carboxylic acids is 1. The van der Waals surface area contributed by atoms with Crippen molar-refractivity contribution in [3.8, 4) is 0 Å². The monoisotopic (exact) mass is 261 g/mol. The first-order chi connectivity index (χ1) is 7.49. The van der Waals surface area contributed by atoms with Gasteiger partial charge in [0.05, 0.1) is 5.88 Å². The summed E-state index contributed by atoms with van der Waals surface area (Å²) in [5.74, 6) is -2.41. The van der Waals surface area contributed by atoms with Crippen LogP contribution in [0.4, 0.5) is 0 Å². The van der Waals surface area contributed by atoms with Crippen LogP contribution in [0.1, 0.15) is 10.4 Å². The van der Waals surface area contributed by atoms with Crippen molar-refractivity contribution in [1.29, 1.82) is 0 Å². The summed E-state index contributed by atoms with van der Waals surface area (Å²) in [6.45, 7) is 0. The van der Waals surface area contributed by atoms with E-state index in [2.05, 4.69) is 5.32 Å². The minimum atomic E-state index is -1.98. The maximum atomic E-state index is 11.6. The molecule has 4 nitrogen and oxygen atoms in total. The lowest BCUT2D eigenvalue weighted by atomic mass is 10.2. The highest BCUT2D eigenvalue weighted by atomic mass is 35.5. The van der Waals surface area contributed by atoms with E-state index in [-0.39, 0.29) is 0 Å². The van der Waals surface area contributed by atoms with Crippen LogP contribution < -0.4 is 5.32 Å². The standard InChI is InChI=1S/C10H9Cl2NO3/c11-6-10(12,9(15)16)13-8(14)7-4-2-1-3-5-7/h1-5H,6H2,(H,13,14)(H,15,16). The number of carboxylic acids is 1. The summed E-state index contributed by atoms with van der Waals surface area (Å²) < 4.78 is 0. The van der Waals surface area contributed by atoms with Gasteiger partial charge in [-0.05, 0) is 12.1 Å². The lowest BCUT2D eigenvalue weighted by Crippen LogP contribution is -2.51. The number of hydrogen-bond acceptors (Lipinski definition) is 2. The zero-order chi connectivity index (χ0) is 12.2. The maximum absolute atomic E-state index is 11.6. The largest absolute Gasteiger partial charge is 0.479 e. The predicted octanol–water partition coefficient (Wildman–Crippen LogP) is 1.67. The molecule has 0 aliphatic rings. The molecule has 0 fully saturated rings. The topological polar surface area (TPSA) is 66.4 Å². The van der Waals surface area contributed by atoms with Crippen LogP contribution in [0.15, 0.2) is 30.3 Å². The number of nitrogens with one attached hydrogen (secondary N) is 1. The van der Waals surface area contributed by atoms with Crippen LogP contribution in [0.25, 0.3) is 0 Å². The predicted molar refractivity (Wildman–Crippen MR) is 60.8 cm³/mol. The summed E-state index contributed by atoms with van der Waals surface area (Å²) in [5, 5.41) is 11.0. The molecule has 2 N–H and O–H groups in total. The first kappa shape index (κ1) is 12.8. The van der Waals surface area contributed by atoms with E-state index < -0.39 is 22.8 Å². The van der Waals surface area contributed by atoms with E-state index in [9.17, 15) is 9.59 Å². The Balaban J connectivity index is 2.82. The molecule has 1 unspecified atom stereocenters. The van der Waals surface area contributed by atoms with Crippen LogP contribution in [0.2, 0.25) is 0 Å². The second-order valence-corrected chi connectivity index (χ2v) is 3.97. The van der Waals surface area contributed by atoms with Crippen molar-refractivity contribution in [2.45, 2.75) is 5.00 Å². The van der Waals surface area contributed by atoms with Crippen molar-refractivity contribution >= 4 is 35.1 Å². The molecule has 0 aliphatic heterocycles. The smallest absolute Gasteiger partial charge is 0.346 e. The molecule has 16 heavy (non-hydrogen) atoms. The Morgan fingerprint density at radius 2 is 1.88 bits per heavy atom. The average Bonchev–Trinajstić information content (AvgIpc) is 2.29. The molecule has 0 heterocycles. The van der Waals surface area contributed by atoms with Gasteiger partial charge in [-0.15, -0.1) is 11.6 Å². The highest BCUT2D eigenvalue weighted by Gasteiger charge is 2.37. The van der Waals surface area contributed by atoms with E-state index in [1.165, 1.54) is 0 Å². The van der Waals surface area contributed by atoms with Gasteiger partial charge >= 0.3 is 5.97 Å². The van der Waals surface area contributed by atoms with E-state index in [0.29, 0.717) is 5.56 Å². The molecule has 0 saturated carbocycles. The third kappa shape index (κ3) is 2.87. The Morgan fingerprint density at radius 3 is 2.31 bits per heavy atom. The number of benzene rings is 1. The maximum Gasteiger partial charge on any atom is 0.346 e. The lowest BCUT2D eigenvalue weighted by molar-refractivity contribution is -0.140. The third-order valence-electron chi connectivity index (χ3n) is 1.87. The van der Waals surface area contributed by atoms with Gasteiger partial charge in [-0.1, -0.05) is 29.8 Å². The highest BCUT2D eigenvalue weighted by Crippen LogP contribution is 2.15. The quantitative estimate of drug-likeness (QED) is 0.640. The molecule has 0 bridgehead atoms. The van der Waals surface area contributed by atoms with Gasteiger partial charge in [-0.25, -0.2) is 4.79 Å². The number of carbonyl (C=O) groups is 2. The molecule has 1 aromatic rings. The molecule has 1 aromatic carbocycles. The minimum Gasteiger partial charge on any atom is -0.479 e. The molecule has 1 rings (SSSR count). The lowest BCUT2D eigenvalue weighted by Gasteiger charge is -2.20. The molecular formula is C10H9Cl2NO3. The highest BCUT2D eigenvalue weighted by molar-refractivity contribution is 6.39. The Hall–Kier alpha value is -1.26. The van der Waals surface area contributed by atoms with E-state index >= 15 is 0 Å². The molecule has 0 saturated heterocycles. The van der Waals surface area contributed by atoms with Crippen LogP contribution in [-0.4, -0.2) is 27.9 Å². The summed E-state index contributed by atoms with van der Waals surface area (Å²) in [6.07, 6.45) is 0. The van der Waals surface area contributed by atoms with Crippen LogP contribution in [0.3, 0.4) is 0 Å². The van der Waals surface area contributed by atoms with E-state index in [1.54, 1.807) is 30.3 Å². The molecule has 0 radical (unpaired) electrons. The first-order valence-electron chi connectivity index (χ1n) is 4.35. The fourth-order valence-electron chi connectivity index (χ4n) is 0.986. The van der Waals surface area contributed by atoms with E-state index in [4.69, 9.17) is 28.3 Å². The fourth-order valence-corrected chi connectivity index (χ4v) is 1.25. The molecule has 0 aromatic heterocycles. The molecule has 86 valence electrons. The van der Waals surface area contributed by atoms with E-state index in [0.717, 1.165) is 0 Å². The molecule has 0 spiro atoms. The zero-order valence-corrected chi connectivity index (χ0v) is 9.63. The number of carboxylic acid groups (broad SMARTS) is 1. The number of amides is 1. The normalized spacial score (nSPS) is 13.9. The second-order valence-electron chi connectivity index (χ2n) is 3.06. The second kappa shape index (κ2) is 5.18. The van der Waals surface area contributed by atoms with Crippen molar-refractivity contribution in [1.82, 2.24) is 5.32 Å². The Bertz CT molecular complexity index is 396. The molecule has 1 atom stereocenters. The number of alkyl halides is 2. The summed E-state index contributed by atoms with van der Waals surface area (Å²) in [7, 11) is 0. The zero-order valence-electron chi connectivity index (χ0n) is 8.11. The van der Waals surface area contributed by atoms with Crippen LogP contribution >= 0.6 is 23.2 Å². The van der Waals surface area contributed by atoms with Crippen molar-refractivity contribution in [3.63, 3.8) is 0 Å².